The molecule has 1 unspecified atom stereocenters. The largest absolute Gasteiger partial charge is 0.493 e. The summed E-state index contributed by atoms with van der Waals surface area (Å²) in [6.07, 6.45) is 6.60. The smallest absolute Gasteiger partial charge is 0.142 e. The minimum Gasteiger partial charge on any atom is -0.493 e. The summed E-state index contributed by atoms with van der Waals surface area (Å²) in [4.78, 5) is 13.1. The predicted octanol–water partition coefficient (Wildman–Crippen LogP) is 7.97. The van der Waals surface area contributed by atoms with Gasteiger partial charge in [-0.25, -0.2) is 4.98 Å². The number of halogens is 1. The topological polar surface area (TPSA) is 104 Å². The molecule has 2 aromatic heterocycles. The van der Waals surface area contributed by atoms with Gasteiger partial charge in [-0.2, -0.15) is 5.26 Å². The van der Waals surface area contributed by atoms with Crippen LogP contribution in [0.4, 0.5) is 0 Å². The second kappa shape index (κ2) is 17.8. The number of aromatic nitrogens is 2. The summed E-state index contributed by atoms with van der Waals surface area (Å²) in [5.74, 6) is 2.04. The van der Waals surface area contributed by atoms with E-state index in [1.165, 1.54) is 6.20 Å². The third kappa shape index (κ3) is 9.68. The molecule has 0 saturated carbocycles. The van der Waals surface area contributed by atoms with Crippen LogP contribution >= 0.6 is 22.9 Å². The van der Waals surface area contributed by atoms with Gasteiger partial charge in [0.15, 0.2) is 0 Å². The lowest BCUT2D eigenvalue weighted by Crippen LogP contribution is -2.24. The van der Waals surface area contributed by atoms with Gasteiger partial charge in [-0.15, -0.1) is 11.3 Å². The summed E-state index contributed by atoms with van der Waals surface area (Å²) in [5.41, 5.74) is 7.67. The molecule has 3 aromatic carbocycles. The van der Waals surface area contributed by atoms with Crippen LogP contribution in [0.15, 0.2) is 78.6 Å². The molecule has 0 bridgehead atoms. The molecule has 0 spiro atoms. The summed E-state index contributed by atoms with van der Waals surface area (Å²) < 4.78 is 19.0. The number of aliphatic hydroxyl groups is 1. The maximum absolute atomic E-state index is 9.80. The molecular weight excluding hydrogens is 694 g/mol. The summed E-state index contributed by atoms with van der Waals surface area (Å²) in [7, 11) is 2.03. The Bertz CT molecular complexity index is 2000. The number of ether oxygens (including phenoxy) is 3. The second-order valence-electron chi connectivity index (χ2n) is 13.2. The van der Waals surface area contributed by atoms with Crippen LogP contribution in [0.2, 0.25) is 5.02 Å². The molecule has 3 heterocycles. The first-order valence-corrected chi connectivity index (χ1v) is 18.7. The number of benzene rings is 3. The average Bonchev–Trinajstić information content (AvgIpc) is 3.82. The Hall–Kier alpha value is -4.50. The number of rotatable bonds is 16. The number of nitrogens with zero attached hydrogens (tertiary/aromatic N) is 5. The Balaban J connectivity index is 1.16. The molecule has 9 nitrogen and oxygen atoms in total. The van der Waals surface area contributed by atoms with Crippen LogP contribution in [-0.4, -0.2) is 64.3 Å². The quantitative estimate of drug-likeness (QED) is 0.101. The zero-order valence-electron chi connectivity index (χ0n) is 29.8. The van der Waals surface area contributed by atoms with Crippen LogP contribution in [0.3, 0.4) is 0 Å². The van der Waals surface area contributed by atoms with Gasteiger partial charge < -0.3 is 24.2 Å². The third-order valence-electron chi connectivity index (χ3n) is 9.29. The van der Waals surface area contributed by atoms with Crippen LogP contribution in [0.1, 0.15) is 51.2 Å². The summed E-state index contributed by atoms with van der Waals surface area (Å²) in [6, 6.07) is 20.1. The zero-order valence-corrected chi connectivity index (χ0v) is 31.4. The lowest BCUT2D eigenvalue weighted by molar-refractivity contribution is 0.173. The lowest BCUT2D eigenvalue weighted by Gasteiger charge is -2.20. The number of likely N-dealkylation sites (tertiary alicyclic amines) is 1. The van der Waals surface area contributed by atoms with Crippen molar-refractivity contribution in [2.45, 2.75) is 59.1 Å². The minimum atomic E-state index is -0.200. The number of hydrogen-bond acceptors (Lipinski definition) is 10. The Kier molecular flexibility index (Phi) is 12.8. The van der Waals surface area contributed by atoms with Gasteiger partial charge in [0, 0.05) is 67.3 Å². The molecule has 11 heteroatoms. The molecule has 6 rings (SSSR count). The maximum Gasteiger partial charge on any atom is 0.142 e. The number of aliphatic hydroxyl groups excluding tert-OH is 1. The monoisotopic (exact) mass is 737 g/mol. The Morgan fingerprint density at radius 2 is 1.77 bits per heavy atom. The molecule has 0 amide bonds. The van der Waals surface area contributed by atoms with Gasteiger partial charge in [0.2, 0.25) is 0 Å². The SMILES string of the molecule is Cc1c(COc2cc(OCc3cncc(C#N)c3)c(CN(C)Cc3nccs3)cc2Cl)cccc1-c1cccc(OCCCN2CCC(O)C2)c1C. The number of pyridine rings is 1. The van der Waals surface area contributed by atoms with Crippen LogP contribution in [0.5, 0.6) is 17.2 Å². The maximum atomic E-state index is 9.80. The molecule has 1 aliphatic rings. The van der Waals surface area contributed by atoms with Crippen LogP contribution < -0.4 is 14.2 Å². The first kappa shape index (κ1) is 37.3. The Labute approximate surface area is 315 Å². The molecular formula is C41H44ClN5O4S. The minimum absolute atomic E-state index is 0.200. The van der Waals surface area contributed by atoms with Gasteiger partial charge in [0.25, 0.3) is 0 Å². The van der Waals surface area contributed by atoms with Crippen molar-refractivity contribution in [3.8, 4) is 34.4 Å². The van der Waals surface area contributed by atoms with E-state index in [1.807, 2.05) is 42.9 Å². The Morgan fingerprint density at radius 3 is 2.54 bits per heavy atom. The van der Waals surface area contributed by atoms with Crippen LogP contribution in [0.25, 0.3) is 11.1 Å². The van der Waals surface area contributed by atoms with Crippen molar-refractivity contribution < 1.29 is 19.3 Å². The summed E-state index contributed by atoms with van der Waals surface area (Å²) in [5, 5.41) is 22.6. The van der Waals surface area contributed by atoms with Gasteiger partial charge in [-0.1, -0.05) is 41.9 Å². The number of nitriles is 1. The fraction of sp³-hybridized carbons (Fsp3) is 0.341. The first-order chi connectivity index (χ1) is 25.3. The molecule has 270 valence electrons. The van der Waals surface area contributed by atoms with Gasteiger partial charge in [-0.3, -0.25) is 9.88 Å². The number of thiazole rings is 1. The number of β-amino-alcohol motifs (C(OH)–C–C–N with tert-alkyl or cyclic N) is 1. The van der Waals surface area contributed by atoms with Crippen LogP contribution in [0, 0.1) is 25.2 Å². The Morgan fingerprint density at radius 1 is 0.962 bits per heavy atom. The molecule has 1 N–H and O–H groups in total. The highest BCUT2D eigenvalue weighted by molar-refractivity contribution is 7.09. The molecule has 0 radical (unpaired) electrons. The van der Waals surface area contributed by atoms with E-state index in [0.29, 0.717) is 48.4 Å². The first-order valence-electron chi connectivity index (χ1n) is 17.5. The van der Waals surface area contributed by atoms with E-state index in [9.17, 15) is 10.4 Å². The van der Waals surface area contributed by atoms with Gasteiger partial charge in [0.1, 0.15) is 41.5 Å². The van der Waals surface area contributed by atoms with Gasteiger partial charge >= 0.3 is 0 Å². The van der Waals surface area contributed by atoms with Crippen molar-refractivity contribution in [1.29, 1.82) is 5.26 Å². The average molecular weight is 738 g/mol. The van der Waals surface area contributed by atoms with Crippen molar-refractivity contribution in [3.63, 3.8) is 0 Å². The van der Waals surface area contributed by atoms with Crippen molar-refractivity contribution in [3.05, 3.63) is 122 Å². The van der Waals surface area contributed by atoms with E-state index < -0.39 is 0 Å². The van der Waals surface area contributed by atoms with Crippen molar-refractivity contribution in [2.75, 3.05) is 33.3 Å². The lowest BCUT2D eigenvalue weighted by atomic mass is 9.93. The van der Waals surface area contributed by atoms with E-state index in [2.05, 4.69) is 63.9 Å². The summed E-state index contributed by atoms with van der Waals surface area (Å²) in [6.45, 7) is 9.30. The van der Waals surface area contributed by atoms with E-state index >= 15 is 0 Å². The van der Waals surface area contributed by atoms with Crippen LogP contribution in [-0.2, 0) is 26.3 Å². The highest BCUT2D eigenvalue weighted by Gasteiger charge is 2.20. The molecule has 1 aliphatic heterocycles. The van der Waals surface area contributed by atoms with E-state index in [1.54, 1.807) is 23.6 Å². The van der Waals surface area contributed by atoms with Gasteiger partial charge in [0.05, 0.1) is 29.8 Å². The predicted molar refractivity (Wildman–Crippen MR) is 205 cm³/mol. The fourth-order valence-electron chi connectivity index (χ4n) is 6.48. The summed E-state index contributed by atoms with van der Waals surface area (Å²) >= 11 is 8.49. The third-order valence-corrected chi connectivity index (χ3v) is 10.3. The molecule has 52 heavy (non-hydrogen) atoms. The van der Waals surface area contributed by atoms with Crippen molar-refractivity contribution in [2.24, 2.45) is 0 Å². The number of hydrogen-bond donors (Lipinski definition) is 1. The highest BCUT2D eigenvalue weighted by atomic mass is 35.5. The fourth-order valence-corrected chi connectivity index (χ4v) is 7.41. The molecule has 1 saturated heterocycles. The zero-order chi connectivity index (χ0) is 36.5. The molecule has 5 aromatic rings. The molecule has 1 atom stereocenters. The second-order valence-corrected chi connectivity index (χ2v) is 14.6. The van der Waals surface area contributed by atoms with E-state index in [-0.39, 0.29) is 12.7 Å². The standard InChI is InChI=1S/C41H44ClN5O4S/c1-28-32(7-4-8-35(28)36-9-5-10-38(29(36)2)49-15-6-13-47-14-11-34(48)24-47)27-51-40-19-39(50-26-31-17-30(20-43)21-44-22-31)33(18-37(40)42)23-46(3)25-41-45-12-16-52-41/h4-5,7-10,12,16-19,21-22,34,48H,6,11,13-15,23-27H2,1-3H3. The normalized spacial score (nSPS) is 14.4. The molecule has 0 aliphatic carbocycles. The van der Waals surface area contributed by atoms with Gasteiger partial charge in [-0.05, 0) is 79.8 Å². The highest BCUT2D eigenvalue weighted by Crippen LogP contribution is 2.37. The van der Waals surface area contributed by atoms with E-state index in [0.717, 1.165) is 82.2 Å². The van der Waals surface area contributed by atoms with Crippen molar-refractivity contribution >= 4 is 22.9 Å². The molecule has 1 fully saturated rings. The van der Waals surface area contributed by atoms with Crippen molar-refractivity contribution in [1.82, 2.24) is 19.8 Å². The van der Waals surface area contributed by atoms with E-state index in [4.69, 9.17) is 25.8 Å².